The molecule has 10 nitrogen and oxygen atoms in total. The highest BCUT2D eigenvalue weighted by molar-refractivity contribution is 5.93. The third kappa shape index (κ3) is 10.3. The van der Waals surface area contributed by atoms with Gasteiger partial charge in [0.05, 0.1) is 36.8 Å². The maximum atomic E-state index is 12.8. The largest absolute Gasteiger partial charge is 0.397 e. The summed E-state index contributed by atoms with van der Waals surface area (Å²) in [7, 11) is 1.75. The molecule has 5 rings (SSSR count). The van der Waals surface area contributed by atoms with Gasteiger partial charge in [-0.25, -0.2) is 0 Å². The molecule has 2 aliphatic heterocycles. The first-order valence-electron chi connectivity index (χ1n) is 17.2. The number of likely N-dealkylation sites (tertiary alicyclic amines) is 1. The van der Waals surface area contributed by atoms with E-state index in [2.05, 4.69) is 15.5 Å². The zero-order valence-corrected chi connectivity index (χ0v) is 27.9. The molecule has 0 aliphatic carbocycles. The Labute approximate surface area is 283 Å². The van der Waals surface area contributed by atoms with Crippen molar-refractivity contribution in [2.24, 2.45) is 0 Å². The smallest absolute Gasteiger partial charge is 0.224 e. The molecule has 2 saturated heterocycles. The monoisotopic (exact) mass is 658 g/mol. The first-order chi connectivity index (χ1) is 23.4. The fourth-order valence-corrected chi connectivity index (χ4v) is 6.55. The molecular weight excluding hydrogens is 608 g/mol. The average molecular weight is 659 g/mol. The number of nitrogens with zero attached hydrogens (tertiary/aromatic N) is 1. The lowest BCUT2D eigenvalue weighted by molar-refractivity contribution is -0.253. The van der Waals surface area contributed by atoms with Crippen molar-refractivity contribution in [1.82, 2.24) is 4.90 Å². The Morgan fingerprint density at radius 1 is 0.917 bits per heavy atom. The SMILES string of the molecule is COCC1CCCN1CC1CC(c2ccc(CO)cc2)OC(c2cccc(NC(=O)CCCCCCC(=O)Nc3ccccc3N)c2)O1. The molecule has 4 atom stereocenters. The minimum Gasteiger partial charge on any atom is -0.397 e. The molecule has 10 heteroatoms. The third-order valence-electron chi connectivity index (χ3n) is 9.15. The van der Waals surface area contributed by atoms with Crippen molar-refractivity contribution in [3.63, 3.8) is 0 Å². The van der Waals surface area contributed by atoms with Crippen LogP contribution < -0.4 is 16.4 Å². The number of benzene rings is 3. The number of nitrogen functional groups attached to an aromatic ring is 1. The van der Waals surface area contributed by atoms with Gasteiger partial charge in [-0.1, -0.05) is 61.4 Å². The number of rotatable bonds is 16. The number of nitrogens with one attached hydrogen (secondary N) is 2. The molecule has 2 fully saturated rings. The molecule has 2 aliphatic rings. The highest BCUT2D eigenvalue weighted by Crippen LogP contribution is 2.39. The number of carbonyl (C=O) groups excluding carboxylic acids is 2. The van der Waals surface area contributed by atoms with E-state index in [-0.39, 0.29) is 30.6 Å². The van der Waals surface area contributed by atoms with Crippen LogP contribution in [0.25, 0.3) is 0 Å². The third-order valence-corrected chi connectivity index (χ3v) is 9.15. The van der Waals surface area contributed by atoms with Crippen molar-refractivity contribution < 1.29 is 28.9 Å². The average Bonchev–Trinajstić information content (AvgIpc) is 3.53. The van der Waals surface area contributed by atoms with E-state index in [0.717, 1.165) is 68.3 Å². The number of aliphatic hydroxyl groups is 1. The zero-order chi connectivity index (χ0) is 33.7. The fraction of sp³-hybridized carbons (Fsp3) is 0.474. The number of carbonyl (C=O) groups is 2. The van der Waals surface area contributed by atoms with Gasteiger partial charge in [0.15, 0.2) is 6.29 Å². The summed E-state index contributed by atoms with van der Waals surface area (Å²) in [5.74, 6) is -0.104. The normalized spacial score (nSPS) is 21.2. The van der Waals surface area contributed by atoms with Crippen LogP contribution in [0.3, 0.4) is 0 Å². The molecule has 2 amide bonds. The Kier molecular flexibility index (Phi) is 13.4. The van der Waals surface area contributed by atoms with E-state index in [0.29, 0.717) is 49.0 Å². The molecule has 0 radical (unpaired) electrons. The zero-order valence-electron chi connectivity index (χ0n) is 27.9. The minimum atomic E-state index is -0.595. The Hall–Kier alpha value is -3.80. The van der Waals surface area contributed by atoms with Gasteiger partial charge in [0.1, 0.15) is 0 Å². The number of amides is 2. The Bertz CT molecular complexity index is 1470. The lowest BCUT2D eigenvalue weighted by Crippen LogP contribution is -2.42. The summed E-state index contributed by atoms with van der Waals surface area (Å²) in [6.07, 6.45) is 6.21. The summed E-state index contributed by atoms with van der Waals surface area (Å²) in [4.78, 5) is 27.5. The predicted molar refractivity (Wildman–Crippen MR) is 187 cm³/mol. The topological polar surface area (TPSA) is 135 Å². The van der Waals surface area contributed by atoms with Gasteiger partial charge in [-0.15, -0.1) is 0 Å². The quantitative estimate of drug-likeness (QED) is 0.104. The summed E-state index contributed by atoms with van der Waals surface area (Å²) in [5.41, 5.74) is 10.5. The molecule has 48 heavy (non-hydrogen) atoms. The van der Waals surface area contributed by atoms with Gasteiger partial charge in [0.2, 0.25) is 11.8 Å². The van der Waals surface area contributed by atoms with Crippen LogP contribution in [0.4, 0.5) is 17.1 Å². The number of anilines is 3. The van der Waals surface area contributed by atoms with Crippen LogP contribution in [-0.4, -0.2) is 60.8 Å². The van der Waals surface area contributed by atoms with Crippen molar-refractivity contribution in [2.75, 3.05) is 43.2 Å². The van der Waals surface area contributed by atoms with Crippen molar-refractivity contribution in [2.45, 2.75) is 88.9 Å². The summed E-state index contributed by atoms with van der Waals surface area (Å²) >= 11 is 0. The number of aliphatic hydroxyl groups excluding tert-OH is 1. The van der Waals surface area contributed by atoms with Crippen LogP contribution >= 0.6 is 0 Å². The van der Waals surface area contributed by atoms with E-state index in [1.807, 2.05) is 60.7 Å². The molecular formula is C38H50N4O6. The number of para-hydroxylation sites is 2. The van der Waals surface area contributed by atoms with E-state index in [1.54, 1.807) is 19.2 Å². The van der Waals surface area contributed by atoms with Gasteiger partial charge in [-0.3, -0.25) is 14.5 Å². The molecule has 3 aromatic carbocycles. The second-order valence-corrected chi connectivity index (χ2v) is 12.8. The Morgan fingerprint density at radius 2 is 1.67 bits per heavy atom. The molecule has 0 aromatic heterocycles. The van der Waals surface area contributed by atoms with Crippen molar-refractivity contribution in [3.05, 3.63) is 89.5 Å². The molecule has 4 unspecified atom stereocenters. The maximum Gasteiger partial charge on any atom is 0.224 e. The van der Waals surface area contributed by atoms with E-state index < -0.39 is 6.29 Å². The van der Waals surface area contributed by atoms with E-state index in [9.17, 15) is 14.7 Å². The highest BCUT2D eigenvalue weighted by atomic mass is 16.7. The number of methoxy groups -OCH3 is 1. The fourth-order valence-electron chi connectivity index (χ4n) is 6.55. The molecule has 3 aromatic rings. The van der Waals surface area contributed by atoms with Crippen molar-refractivity contribution in [1.29, 1.82) is 0 Å². The molecule has 5 N–H and O–H groups in total. The van der Waals surface area contributed by atoms with Crippen LogP contribution in [0.1, 0.15) is 86.9 Å². The molecule has 0 saturated carbocycles. The summed E-state index contributed by atoms with van der Waals surface area (Å²) in [6.45, 7) is 2.53. The summed E-state index contributed by atoms with van der Waals surface area (Å²) < 4.78 is 18.6. The van der Waals surface area contributed by atoms with Crippen LogP contribution in [-0.2, 0) is 30.4 Å². The second kappa shape index (κ2) is 18.1. The van der Waals surface area contributed by atoms with Crippen LogP contribution in [0.2, 0.25) is 0 Å². The first kappa shape index (κ1) is 35.5. The first-order valence-corrected chi connectivity index (χ1v) is 17.2. The highest BCUT2D eigenvalue weighted by Gasteiger charge is 2.35. The molecule has 0 spiro atoms. The van der Waals surface area contributed by atoms with Gasteiger partial charge in [-0.2, -0.15) is 0 Å². The minimum absolute atomic E-state index is 0.00129. The van der Waals surface area contributed by atoms with Crippen LogP contribution in [0.15, 0.2) is 72.8 Å². The van der Waals surface area contributed by atoms with E-state index in [4.69, 9.17) is 19.9 Å². The lowest BCUT2D eigenvalue weighted by atomic mass is 9.99. The Balaban J connectivity index is 1.12. The van der Waals surface area contributed by atoms with Gasteiger partial charge in [0, 0.05) is 50.2 Å². The van der Waals surface area contributed by atoms with Gasteiger partial charge in [-0.05, 0) is 67.6 Å². The van der Waals surface area contributed by atoms with E-state index in [1.165, 1.54) is 0 Å². The predicted octanol–water partition coefficient (Wildman–Crippen LogP) is 6.34. The lowest BCUT2D eigenvalue weighted by Gasteiger charge is -2.39. The van der Waals surface area contributed by atoms with Gasteiger partial charge >= 0.3 is 0 Å². The van der Waals surface area contributed by atoms with E-state index >= 15 is 0 Å². The second-order valence-electron chi connectivity index (χ2n) is 12.8. The van der Waals surface area contributed by atoms with Gasteiger partial charge in [0.25, 0.3) is 0 Å². The number of ether oxygens (including phenoxy) is 3. The maximum absolute atomic E-state index is 12.8. The number of nitrogens with two attached hydrogens (primary N) is 1. The number of hydrogen-bond acceptors (Lipinski definition) is 8. The Morgan fingerprint density at radius 3 is 2.40 bits per heavy atom. The molecule has 258 valence electrons. The molecule has 2 heterocycles. The summed E-state index contributed by atoms with van der Waals surface area (Å²) in [6, 6.07) is 23.2. The van der Waals surface area contributed by atoms with Crippen LogP contribution in [0, 0.1) is 0 Å². The molecule has 0 bridgehead atoms. The van der Waals surface area contributed by atoms with Crippen molar-refractivity contribution >= 4 is 28.9 Å². The van der Waals surface area contributed by atoms with Gasteiger partial charge < -0.3 is 35.7 Å². The number of hydrogen-bond donors (Lipinski definition) is 4. The van der Waals surface area contributed by atoms with Crippen molar-refractivity contribution in [3.8, 4) is 0 Å². The number of unbranched alkanes of at least 4 members (excludes halogenated alkanes) is 3. The van der Waals surface area contributed by atoms with Crippen LogP contribution in [0.5, 0.6) is 0 Å². The summed E-state index contributed by atoms with van der Waals surface area (Å²) in [5, 5.41) is 15.4. The standard InChI is InChI=1S/C38H50N4O6/c1-46-26-31-12-9-21-42(31)24-32-23-35(28-19-17-27(25-43)18-20-28)48-38(47-32)29-10-8-11-30(22-29)40-36(44)15-4-2-3-5-16-37(45)41-34-14-7-6-13-33(34)39/h6-8,10-11,13-14,17-20,22,31-32,35,38,43H,2-5,9,12,15-16,21,23-26,39H2,1H3,(H,40,44)(H,41,45).